The van der Waals surface area contributed by atoms with Crippen LogP contribution in [0.25, 0.3) is 0 Å². The Morgan fingerprint density at radius 1 is 1.55 bits per heavy atom. The highest BCUT2D eigenvalue weighted by atomic mass is 79.9. The van der Waals surface area contributed by atoms with Crippen molar-refractivity contribution in [3.8, 4) is 5.75 Å². The Morgan fingerprint density at radius 3 is 2.90 bits per heavy atom. The summed E-state index contributed by atoms with van der Waals surface area (Å²) in [5.41, 5.74) is 6.16. The van der Waals surface area contributed by atoms with Crippen molar-refractivity contribution < 1.29 is 14.3 Å². The summed E-state index contributed by atoms with van der Waals surface area (Å²) in [4.78, 5) is 12.1. The SMILES string of the molecule is COc1ccc(Br)cc1NC(=O)[C@@H]1CC[C@H](CN)O1.Cl. The monoisotopic (exact) mass is 364 g/mol. The zero-order chi connectivity index (χ0) is 13.8. The minimum Gasteiger partial charge on any atom is -0.495 e. The van der Waals surface area contributed by atoms with Gasteiger partial charge in [0.1, 0.15) is 11.9 Å². The van der Waals surface area contributed by atoms with Crippen LogP contribution >= 0.6 is 28.3 Å². The fourth-order valence-corrected chi connectivity index (χ4v) is 2.42. The smallest absolute Gasteiger partial charge is 0.253 e. The van der Waals surface area contributed by atoms with Crippen LogP contribution in [0.1, 0.15) is 12.8 Å². The molecule has 1 aliphatic rings. The summed E-state index contributed by atoms with van der Waals surface area (Å²) in [6.07, 6.45) is 1.08. The topological polar surface area (TPSA) is 73.6 Å². The average Bonchev–Trinajstić information content (AvgIpc) is 2.88. The van der Waals surface area contributed by atoms with Gasteiger partial charge >= 0.3 is 0 Å². The Labute approximate surface area is 132 Å². The third-order valence-electron chi connectivity index (χ3n) is 3.08. The summed E-state index contributed by atoms with van der Waals surface area (Å²) >= 11 is 3.37. The van der Waals surface area contributed by atoms with E-state index in [0.29, 0.717) is 24.4 Å². The molecule has 1 saturated heterocycles. The van der Waals surface area contributed by atoms with Crippen molar-refractivity contribution in [3.63, 3.8) is 0 Å². The predicted molar refractivity (Wildman–Crippen MR) is 83.5 cm³/mol. The summed E-state index contributed by atoms with van der Waals surface area (Å²) in [5, 5.41) is 2.83. The van der Waals surface area contributed by atoms with Crippen LogP contribution in [0.4, 0.5) is 5.69 Å². The number of carbonyl (C=O) groups is 1. The molecule has 2 rings (SSSR count). The number of halogens is 2. The Bertz CT molecular complexity index is 473. The van der Waals surface area contributed by atoms with E-state index in [0.717, 1.165) is 10.9 Å². The molecule has 0 aromatic heterocycles. The molecule has 112 valence electrons. The summed E-state index contributed by atoms with van der Waals surface area (Å²) in [5.74, 6) is 0.456. The molecule has 1 aromatic carbocycles. The normalized spacial score (nSPS) is 21.1. The number of nitrogens with one attached hydrogen (secondary N) is 1. The van der Waals surface area contributed by atoms with Gasteiger partial charge in [-0.1, -0.05) is 15.9 Å². The highest BCUT2D eigenvalue weighted by Crippen LogP contribution is 2.29. The van der Waals surface area contributed by atoms with E-state index >= 15 is 0 Å². The van der Waals surface area contributed by atoms with Crippen molar-refractivity contribution in [2.24, 2.45) is 5.73 Å². The van der Waals surface area contributed by atoms with E-state index < -0.39 is 6.10 Å². The summed E-state index contributed by atoms with van der Waals surface area (Å²) in [6, 6.07) is 5.44. The molecule has 5 nitrogen and oxygen atoms in total. The first kappa shape index (κ1) is 17.2. The van der Waals surface area contributed by atoms with Gasteiger partial charge in [-0.2, -0.15) is 0 Å². The molecule has 0 saturated carbocycles. The maximum absolute atomic E-state index is 12.1. The fourth-order valence-electron chi connectivity index (χ4n) is 2.06. The highest BCUT2D eigenvalue weighted by molar-refractivity contribution is 9.10. The van der Waals surface area contributed by atoms with Gasteiger partial charge in [0.2, 0.25) is 0 Å². The van der Waals surface area contributed by atoms with Gasteiger partial charge in [0.05, 0.1) is 18.9 Å². The third kappa shape index (κ3) is 4.09. The number of rotatable bonds is 4. The largest absolute Gasteiger partial charge is 0.495 e. The molecule has 0 aliphatic carbocycles. The van der Waals surface area contributed by atoms with Crippen LogP contribution in [0.5, 0.6) is 5.75 Å². The number of anilines is 1. The molecule has 1 aromatic rings. The van der Waals surface area contributed by atoms with Gasteiger partial charge in [0.25, 0.3) is 5.91 Å². The van der Waals surface area contributed by atoms with Gasteiger partial charge in [0, 0.05) is 11.0 Å². The van der Waals surface area contributed by atoms with Crippen molar-refractivity contribution in [2.45, 2.75) is 25.0 Å². The number of hydrogen-bond acceptors (Lipinski definition) is 4. The molecule has 7 heteroatoms. The number of methoxy groups -OCH3 is 1. The second kappa shape index (κ2) is 7.83. The van der Waals surface area contributed by atoms with Crippen molar-refractivity contribution in [1.29, 1.82) is 0 Å². The molecular weight excluding hydrogens is 348 g/mol. The van der Waals surface area contributed by atoms with E-state index in [9.17, 15) is 4.79 Å². The van der Waals surface area contributed by atoms with Crippen molar-refractivity contribution in [3.05, 3.63) is 22.7 Å². The number of nitrogens with two attached hydrogens (primary N) is 1. The minimum absolute atomic E-state index is 0. The van der Waals surface area contributed by atoms with Crippen LogP contribution in [0.15, 0.2) is 22.7 Å². The molecule has 0 radical (unpaired) electrons. The van der Waals surface area contributed by atoms with Crippen molar-refractivity contribution in [2.75, 3.05) is 19.0 Å². The van der Waals surface area contributed by atoms with Gasteiger partial charge < -0.3 is 20.5 Å². The average molecular weight is 366 g/mol. The second-order valence-corrected chi connectivity index (χ2v) is 5.31. The first-order chi connectivity index (χ1) is 9.13. The molecular formula is C13H18BrClN2O3. The first-order valence-electron chi connectivity index (χ1n) is 6.14. The molecule has 1 fully saturated rings. The quantitative estimate of drug-likeness (QED) is 0.859. The Kier molecular flexibility index (Phi) is 6.75. The molecule has 1 amide bonds. The lowest BCUT2D eigenvalue weighted by atomic mass is 10.2. The molecule has 1 heterocycles. The van der Waals surface area contributed by atoms with Crippen LogP contribution in [0, 0.1) is 0 Å². The van der Waals surface area contributed by atoms with Crippen LogP contribution in [0.2, 0.25) is 0 Å². The second-order valence-electron chi connectivity index (χ2n) is 4.39. The predicted octanol–water partition coefficient (Wildman–Crippen LogP) is 2.32. The van der Waals surface area contributed by atoms with Crippen molar-refractivity contribution in [1.82, 2.24) is 0 Å². The maximum Gasteiger partial charge on any atom is 0.253 e. The molecule has 3 N–H and O–H groups in total. The summed E-state index contributed by atoms with van der Waals surface area (Å²) < 4.78 is 11.6. The Morgan fingerprint density at radius 2 is 2.30 bits per heavy atom. The first-order valence-corrected chi connectivity index (χ1v) is 6.93. The Balaban J connectivity index is 0.00000200. The third-order valence-corrected chi connectivity index (χ3v) is 3.58. The molecule has 0 spiro atoms. The van der Waals surface area contributed by atoms with E-state index in [2.05, 4.69) is 21.2 Å². The summed E-state index contributed by atoms with van der Waals surface area (Å²) in [7, 11) is 1.56. The number of amides is 1. The fraction of sp³-hybridized carbons (Fsp3) is 0.462. The van der Waals surface area contributed by atoms with Crippen LogP contribution in [-0.4, -0.2) is 31.8 Å². The molecule has 0 bridgehead atoms. The number of ether oxygens (including phenoxy) is 2. The van der Waals surface area contributed by atoms with E-state index in [1.54, 1.807) is 19.2 Å². The lowest BCUT2D eigenvalue weighted by Gasteiger charge is -2.14. The number of hydrogen-bond donors (Lipinski definition) is 2. The molecule has 2 atom stereocenters. The number of benzene rings is 1. The molecule has 1 aliphatic heterocycles. The van der Waals surface area contributed by atoms with Crippen molar-refractivity contribution >= 4 is 39.9 Å². The van der Waals surface area contributed by atoms with Crippen LogP contribution in [-0.2, 0) is 9.53 Å². The van der Waals surface area contributed by atoms with E-state index in [-0.39, 0.29) is 24.4 Å². The van der Waals surface area contributed by atoms with Crippen LogP contribution < -0.4 is 15.8 Å². The van der Waals surface area contributed by atoms with E-state index in [1.165, 1.54) is 0 Å². The van der Waals surface area contributed by atoms with E-state index in [4.69, 9.17) is 15.2 Å². The Hall–Kier alpha value is -0.820. The van der Waals surface area contributed by atoms with E-state index in [1.807, 2.05) is 6.07 Å². The van der Waals surface area contributed by atoms with Gasteiger partial charge in [0.15, 0.2) is 0 Å². The molecule has 0 unspecified atom stereocenters. The summed E-state index contributed by atoms with van der Waals surface area (Å²) in [6.45, 7) is 0.448. The zero-order valence-electron chi connectivity index (χ0n) is 11.1. The lowest BCUT2D eigenvalue weighted by molar-refractivity contribution is -0.126. The zero-order valence-corrected chi connectivity index (χ0v) is 13.5. The van der Waals surface area contributed by atoms with Gasteiger partial charge in [-0.15, -0.1) is 12.4 Å². The number of carbonyl (C=O) groups excluding carboxylic acids is 1. The highest BCUT2D eigenvalue weighted by Gasteiger charge is 2.30. The maximum atomic E-state index is 12.1. The van der Waals surface area contributed by atoms with Gasteiger partial charge in [-0.05, 0) is 31.0 Å². The minimum atomic E-state index is -0.433. The van der Waals surface area contributed by atoms with Gasteiger partial charge in [-0.25, -0.2) is 0 Å². The van der Waals surface area contributed by atoms with Crippen LogP contribution in [0.3, 0.4) is 0 Å². The standard InChI is InChI=1S/C13H17BrN2O3.ClH/c1-18-11-4-2-8(14)6-10(11)16-13(17)12-5-3-9(7-15)19-12;/h2,4,6,9,12H,3,5,7,15H2,1H3,(H,16,17);1H/t9-,12+;/m1./s1. The molecule has 20 heavy (non-hydrogen) atoms. The van der Waals surface area contributed by atoms with Gasteiger partial charge in [-0.3, -0.25) is 4.79 Å². The lowest BCUT2D eigenvalue weighted by Crippen LogP contribution is -2.29.